The lowest BCUT2D eigenvalue weighted by Crippen LogP contribution is -2.06. The average Bonchev–Trinajstić information content (AvgIpc) is 2.39. The Balaban J connectivity index is 2.05. The van der Waals surface area contributed by atoms with Crippen LogP contribution in [0.3, 0.4) is 0 Å². The van der Waals surface area contributed by atoms with Crippen molar-refractivity contribution in [2.45, 2.75) is 33.1 Å². The summed E-state index contributed by atoms with van der Waals surface area (Å²) in [5, 5.41) is 0. The second-order valence-electron chi connectivity index (χ2n) is 4.59. The number of ether oxygens (including phenoxy) is 2. The van der Waals surface area contributed by atoms with Gasteiger partial charge in [-0.25, -0.2) is 4.79 Å². The number of rotatable bonds is 8. The third-order valence-electron chi connectivity index (χ3n) is 2.72. The molecule has 19 heavy (non-hydrogen) atoms. The lowest BCUT2D eigenvalue weighted by atomic mass is 10.2. The minimum absolute atomic E-state index is 0.309. The Morgan fingerprint density at radius 2 is 1.84 bits per heavy atom. The fourth-order valence-corrected chi connectivity index (χ4v) is 1.57. The summed E-state index contributed by atoms with van der Waals surface area (Å²) in [5.74, 6) is 0.632. The number of esters is 1. The molecule has 1 aromatic rings. The van der Waals surface area contributed by atoms with Crippen molar-refractivity contribution in [2.24, 2.45) is 0 Å². The molecule has 0 radical (unpaired) electrons. The highest BCUT2D eigenvalue weighted by Crippen LogP contribution is 2.16. The van der Waals surface area contributed by atoms with E-state index in [1.165, 1.54) is 0 Å². The van der Waals surface area contributed by atoms with Crippen LogP contribution in [0, 0.1) is 6.92 Å². The van der Waals surface area contributed by atoms with E-state index in [4.69, 9.17) is 9.47 Å². The minimum Gasteiger partial charge on any atom is -0.493 e. The maximum absolute atomic E-state index is 11.1. The monoisotopic (exact) mass is 262 g/mol. The van der Waals surface area contributed by atoms with Gasteiger partial charge in [-0.05, 0) is 44.7 Å². The van der Waals surface area contributed by atoms with Gasteiger partial charge in [0.05, 0.1) is 13.2 Å². The number of carbonyl (C=O) groups is 1. The van der Waals surface area contributed by atoms with Gasteiger partial charge in [-0.3, -0.25) is 0 Å². The zero-order valence-corrected chi connectivity index (χ0v) is 11.8. The van der Waals surface area contributed by atoms with Crippen molar-refractivity contribution in [1.82, 2.24) is 0 Å². The lowest BCUT2D eigenvalue weighted by molar-refractivity contribution is -0.139. The third kappa shape index (κ3) is 6.09. The van der Waals surface area contributed by atoms with Gasteiger partial charge in [0, 0.05) is 5.57 Å². The number of unbranched alkanes of at least 4 members (excludes halogenated alkanes) is 2. The van der Waals surface area contributed by atoms with Crippen molar-refractivity contribution in [3.05, 3.63) is 42.0 Å². The van der Waals surface area contributed by atoms with Gasteiger partial charge in [-0.2, -0.15) is 0 Å². The Hall–Kier alpha value is -1.77. The first-order chi connectivity index (χ1) is 9.11. The fourth-order valence-electron chi connectivity index (χ4n) is 1.57. The van der Waals surface area contributed by atoms with Gasteiger partial charge in [0.1, 0.15) is 5.75 Å². The van der Waals surface area contributed by atoms with E-state index >= 15 is 0 Å². The molecule has 0 aromatic heterocycles. The zero-order valence-electron chi connectivity index (χ0n) is 11.8. The first-order valence-electron chi connectivity index (χ1n) is 6.62. The Kier molecular flexibility index (Phi) is 6.72. The van der Waals surface area contributed by atoms with E-state index < -0.39 is 0 Å². The number of aryl methyl sites for hydroxylation is 1. The van der Waals surface area contributed by atoms with Crippen LogP contribution < -0.4 is 4.74 Å². The number of carbonyl (C=O) groups excluding carboxylic acids is 1. The van der Waals surface area contributed by atoms with Gasteiger partial charge < -0.3 is 9.47 Å². The molecule has 0 aliphatic rings. The zero-order chi connectivity index (χ0) is 14.1. The predicted octanol–water partition coefficient (Wildman–Crippen LogP) is 3.66. The summed E-state index contributed by atoms with van der Waals surface area (Å²) >= 11 is 0. The quantitative estimate of drug-likeness (QED) is 0.407. The Labute approximate surface area is 115 Å². The molecule has 0 heterocycles. The molecule has 0 spiro atoms. The van der Waals surface area contributed by atoms with Crippen LogP contribution in [-0.4, -0.2) is 19.2 Å². The Morgan fingerprint density at radius 3 is 2.53 bits per heavy atom. The Morgan fingerprint density at radius 1 is 1.16 bits per heavy atom. The van der Waals surface area contributed by atoms with Crippen molar-refractivity contribution < 1.29 is 14.3 Å². The van der Waals surface area contributed by atoms with E-state index in [-0.39, 0.29) is 5.97 Å². The summed E-state index contributed by atoms with van der Waals surface area (Å²) < 4.78 is 10.7. The first-order valence-corrected chi connectivity index (χ1v) is 6.62. The SMILES string of the molecule is C=C(C)C(=O)OCCCCCOc1ccccc1C. The molecule has 0 fully saturated rings. The standard InChI is InChI=1S/C16H22O3/c1-13(2)16(17)19-12-8-4-7-11-18-15-10-6-5-9-14(15)3/h5-6,9-10H,1,4,7-8,11-12H2,2-3H3. The molecule has 0 amide bonds. The summed E-state index contributed by atoms with van der Waals surface area (Å²) in [6.45, 7) is 8.36. The van der Waals surface area contributed by atoms with E-state index in [0.29, 0.717) is 18.8 Å². The molecule has 1 rings (SSSR count). The molecule has 0 aliphatic carbocycles. The normalized spacial score (nSPS) is 10.0. The molecule has 0 atom stereocenters. The summed E-state index contributed by atoms with van der Waals surface area (Å²) in [7, 11) is 0. The molecule has 3 nitrogen and oxygen atoms in total. The van der Waals surface area contributed by atoms with Crippen molar-refractivity contribution in [1.29, 1.82) is 0 Å². The Bertz CT molecular complexity index is 424. The van der Waals surface area contributed by atoms with E-state index in [0.717, 1.165) is 30.6 Å². The predicted molar refractivity (Wildman–Crippen MR) is 76.3 cm³/mol. The topological polar surface area (TPSA) is 35.5 Å². The van der Waals surface area contributed by atoms with Crippen molar-refractivity contribution in [3.8, 4) is 5.75 Å². The third-order valence-corrected chi connectivity index (χ3v) is 2.72. The molecule has 0 bridgehead atoms. The second kappa shape index (κ2) is 8.35. The first kappa shape index (κ1) is 15.3. The highest BCUT2D eigenvalue weighted by Gasteiger charge is 2.02. The van der Waals surface area contributed by atoms with Crippen LogP contribution in [0.5, 0.6) is 5.75 Å². The van der Waals surface area contributed by atoms with Crippen LogP contribution in [0.25, 0.3) is 0 Å². The number of hydrogen-bond acceptors (Lipinski definition) is 3. The number of para-hydroxylation sites is 1. The lowest BCUT2D eigenvalue weighted by Gasteiger charge is -2.08. The van der Waals surface area contributed by atoms with Crippen LogP contribution in [0.1, 0.15) is 31.7 Å². The minimum atomic E-state index is -0.309. The van der Waals surface area contributed by atoms with E-state index in [2.05, 4.69) is 6.58 Å². The van der Waals surface area contributed by atoms with Crippen LogP contribution in [0.4, 0.5) is 0 Å². The van der Waals surface area contributed by atoms with Crippen molar-refractivity contribution in [2.75, 3.05) is 13.2 Å². The number of benzene rings is 1. The molecule has 0 N–H and O–H groups in total. The molecule has 3 heteroatoms. The molecule has 0 saturated heterocycles. The van der Waals surface area contributed by atoms with Crippen LogP contribution in [0.2, 0.25) is 0 Å². The van der Waals surface area contributed by atoms with Crippen LogP contribution in [-0.2, 0) is 9.53 Å². The average molecular weight is 262 g/mol. The molecular weight excluding hydrogens is 240 g/mol. The van der Waals surface area contributed by atoms with Crippen molar-refractivity contribution >= 4 is 5.97 Å². The summed E-state index contributed by atoms with van der Waals surface area (Å²) in [5.41, 5.74) is 1.60. The molecule has 104 valence electrons. The summed E-state index contributed by atoms with van der Waals surface area (Å²) in [6.07, 6.45) is 2.80. The van der Waals surface area contributed by atoms with E-state index in [9.17, 15) is 4.79 Å². The molecule has 0 unspecified atom stereocenters. The molecule has 1 aromatic carbocycles. The fraction of sp³-hybridized carbons (Fsp3) is 0.438. The molecule has 0 aliphatic heterocycles. The molecule has 0 saturated carbocycles. The van der Waals surface area contributed by atoms with Crippen LogP contribution >= 0.6 is 0 Å². The summed E-state index contributed by atoms with van der Waals surface area (Å²) in [4.78, 5) is 11.1. The molecular formula is C16H22O3. The highest BCUT2D eigenvalue weighted by atomic mass is 16.5. The largest absolute Gasteiger partial charge is 0.493 e. The van der Waals surface area contributed by atoms with E-state index in [1.807, 2.05) is 31.2 Å². The second-order valence-corrected chi connectivity index (χ2v) is 4.59. The smallest absolute Gasteiger partial charge is 0.333 e. The van der Waals surface area contributed by atoms with Gasteiger partial charge in [-0.15, -0.1) is 0 Å². The maximum Gasteiger partial charge on any atom is 0.333 e. The van der Waals surface area contributed by atoms with Crippen LogP contribution in [0.15, 0.2) is 36.4 Å². The number of hydrogen-bond donors (Lipinski definition) is 0. The van der Waals surface area contributed by atoms with Gasteiger partial charge in [0.25, 0.3) is 0 Å². The van der Waals surface area contributed by atoms with Gasteiger partial charge in [-0.1, -0.05) is 24.8 Å². The van der Waals surface area contributed by atoms with Gasteiger partial charge >= 0.3 is 5.97 Å². The highest BCUT2D eigenvalue weighted by molar-refractivity contribution is 5.86. The van der Waals surface area contributed by atoms with E-state index in [1.54, 1.807) is 6.92 Å². The van der Waals surface area contributed by atoms with Crippen molar-refractivity contribution in [3.63, 3.8) is 0 Å². The maximum atomic E-state index is 11.1. The van der Waals surface area contributed by atoms with Gasteiger partial charge in [0.15, 0.2) is 0 Å². The van der Waals surface area contributed by atoms with Gasteiger partial charge in [0.2, 0.25) is 0 Å². The summed E-state index contributed by atoms with van der Waals surface area (Å²) in [6, 6.07) is 7.98.